The van der Waals surface area contributed by atoms with Crippen LogP contribution in [0.1, 0.15) is 26.3 Å². The standard InChI is InChI=1S/C23H21NO/c1-23(2,3)19-12-13-21-20(15-19)24-22(25-21)18-11-7-10-17(14-18)16-8-5-4-6-9-16/h4-15H,1-3H3. The Morgan fingerprint density at radius 2 is 1.44 bits per heavy atom. The van der Waals surface area contributed by atoms with Gasteiger partial charge in [-0.2, -0.15) is 0 Å². The maximum absolute atomic E-state index is 6.00. The predicted octanol–water partition coefficient (Wildman–Crippen LogP) is 6.46. The van der Waals surface area contributed by atoms with Gasteiger partial charge in [-0.25, -0.2) is 4.98 Å². The van der Waals surface area contributed by atoms with Gasteiger partial charge in [-0.05, 0) is 46.4 Å². The van der Waals surface area contributed by atoms with Crippen molar-refractivity contribution in [2.24, 2.45) is 0 Å². The molecule has 3 aromatic carbocycles. The molecule has 124 valence electrons. The Morgan fingerprint density at radius 3 is 2.20 bits per heavy atom. The van der Waals surface area contributed by atoms with E-state index in [0.717, 1.165) is 22.2 Å². The average Bonchev–Trinajstić information content (AvgIpc) is 3.05. The summed E-state index contributed by atoms with van der Waals surface area (Å²) in [5, 5.41) is 0. The SMILES string of the molecule is CC(C)(C)c1ccc2oc(-c3cccc(-c4ccccc4)c3)nc2c1. The number of aromatic nitrogens is 1. The van der Waals surface area contributed by atoms with Gasteiger partial charge in [0.25, 0.3) is 0 Å². The fourth-order valence-corrected chi connectivity index (χ4v) is 2.98. The first-order chi connectivity index (χ1) is 12.0. The molecule has 0 spiro atoms. The quantitative estimate of drug-likeness (QED) is 0.422. The highest BCUT2D eigenvalue weighted by atomic mass is 16.3. The van der Waals surface area contributed by atoms with Crippen molar-refractivity contribution >= 4 is 11.1 Å². The number of fused-ring (bicyclic) bond motifs is 1. The minimum Gasteiger partial charge on any atom is -0.436 e. The van der Waals surface area contributed by atoms with E-state index < -0.39 is 0 Å². The number of nitrogens with zero attached hydrogens (tertiary/aromatic N) is 1. The minimum atomic E-state index is 0.0977. The van der Waals surface area contributed by atoms with E-state index >= 15 is 0 Å². The van der Waals surface area contributed by atoms with Gasteiger partial charge in [-0.15, -0.1) is 0 Å². The van der Waals surface area contributed by atoms with E-state index in [-0.39, 0.29) is 5.41 Å². The number of hydrogen-bond donors (Lipinski definition) is 0. The van der Waals surface area contributed by atoms with Gasteiger partial charge in [0.05, 0.1) is 0 Å². The van der Waals surface area contributed by atoms with Crippen LogP contribution < -0.4 is 0 Å². The number of oxazole rings is 1. The van der Waals surface area contributed by atoms with Gasteiger partial charge in [0.15, 0.2) is 5.58 Å². The molecule has 0 fully saturated rings. The summed E-state index contributed by atoms with van der Waals surface area (Å²) in [4.78, 5) is 4.73. The summed E-state index contributed by atoms with van der Waals surface area (Å²) in [6, 6.07) is 25.0. The van der Waals surface area contributed by atoms with Gasteiger partial charge in [0.2, 0.25) is 5.89 Å². The second kappa shape index (κ2) is 5.89. The van der Waals surface area contributed by atoms with Crippen LogP contribution in [-0.2, 0) is 5.41 Å². The van der Waals surface area contributed by atoms with E-state index in [2.05, 4.69) is 69.3 Å². The van der Waals surface area contributed by atoms with E-state index in [4.69, 9.17) is 9.40 Å². The van der Waals surface area contributed by atoms with Crippen LogP contribution in [0.25, 0.3) is 33.7 Å². The lowest BCUT2D eigenvalue weighted by Crippen LogP contribution is -2.10. The summed E-state index contributed by atoms with van der Waals surface area (Å²) in [5.41, 5.74) is 6.44. The Morgan fingerprint density at radius 1 is 0.720 bits per heavy atom. The topological polar surface area (TPSA) is 26.0 Å². The summed E-state index contributed by atoms with van der Waals surface area (Å²) in [6.07, 6.45) is 0. The van der Waals surface area contributed by atoms with Crippen molar-refractivity contribution in [2.75, 3.05) is 0 Å². The Labute approximate surface area is 148 Å². The van der Waals surface area contributed by atoms with Gasteiger partial charge >= 0.3 is 0 Å². The molecule has 0 unspecified atom stereocenters. The Bertz CT molecular complexity index is 1020. The molecule has 0 saturated carbocycles. The molecule has 1 aromatic heterocycles. The van der Waals surface area contributed by atoms with Crippen LogP contribution in [-0.4, -0.2) is 4.98 Å². The number of rotatable bonds is 2. The Balaban J connectivity index is 1.77. The van der Waals surface area contributed by atoms with Crippen molar-refractivity contribution < 1.29 is 4.42 Å². The molecular formula is C23H21NO. The molecule has 25 heavy (non-hydrogen) atoms. The molecule has 2 nitrogen and oxygen atoms in total. The highest BCUT2D eigenvalue weighted by molar-refractivity contribution is 5.78. The zero-order valence-corrected chi connectivity index (χ0v) is 14.8. The smallest absolute Gasteiger partial charge is 0.227 e. The predicted molar refractivity (Wildman–Crippen MR) is 104 cm³/mol. The fraction of sp³-hybridized carbons (Fsp3) is 0.174. The van der Waals surface area contributed by atoms with E-state index in [0.29, 0.717) is 5.89 Å². The van der Waals surface area contributed by atoms with E-state index in [9.17, 15) is 0 Å². The molecule has 0 N–H and O–H groups in total. The first-order valence-corrected chi connectivity index (χ1v) is 8.58. The lowest BCUT2D eigenvalue weighted by molar-refractivity contribution is 0.590. The largest absolute Gasteiger partial charge is 0.436 e. The first-order valence-electron chi connectivity index (χ1n) is 8.58. The average molecular weight is 327 g/mol. The van der Waals surface area contributed by atoms with Crippen molar-refractivity contribution in [3.8, 4) is 22.6 Å². The molecule has 0 radical (unpaired) electrons. The molecule has 0 saturated heterocycles. The highest BCUT2D eigenvalue weighted by Gasteiger charge is 2.16. The molecule has 4 rings (SSSR count). The molecule has 2 heteroatoms. The van der Waals surface area contributed by atoms with Crippen LogP contribution in [0.4, 0.5) is 0 Å². The monoisotopic (exact) mass is 327 g/mol. The summed E-state index contributed by atoms with van der Waals surface area (Å²) in [7, 11) is 0. The van der Waals surface area contributed by atoms with Crippen LogP contribution in [0.15, 0.2) is 77.2 Å². The third kappa shape index (κ3) is 3.08. The highest BCUT2D eigenvalue weighted by Crippen LogP contribution is 2.31. The van der Waals surface area contributed by atoms with Crippen LogP contribution in [0, 0.1) is 0 Å². The summed E-state index contributed by atoms with van der Waals surface area (Å²) in [6.45, 7) is 6.62. The molecular weight excluding hydrogens is 306 g/mol. The van der Waals surface area contributed by atoms with Crippen molar-refractivity contribution in [2.45, 2.75) is 26.2 Å². The van der Waals surface area contributed by atoms with E-state index in [1.54, 1.807) is 0 Å². The first kappa shape index (κ1) is 15.6. The molecule has 0 aliphatic carbocycles. The summed E-state index contributed by atoms with van der Waals surface area (Å²) < 4.78 is 6.00. The maximum Gasteiger partial charge on any atom is 0.227 e. The Kier molecular flexibility index (Phi) is 3.69. The molecule has 0 amide bonds. The summed E-state index contributed by atoms with van der Waals surface area (Å²) in [5.74, 6) is 0.666. The fourth-order valence-electron chi connectivity index (χ4n) is 2.98. The number of benzene rings is 3. The minimum absolute atomic E-state index is 0.0977. The van der Waals surface area contributed by atoms with Crippen molar-refractivity contribution in [1.82, 2.24) is 4.98 Å². The van der Waals surface area contributed by atoms with Gasteiger partial charge in [-0.3, -0.25) is 0 Å². The van der Waals surface area contributed by atoms with E-state index in [1.807, 2.05) is 24.3 Å². The Hall–Kier alpha value is -2.87. The molecule has 0 atom stereocenters. The molecule has 0 bridgehead atoms. The van der Waals surface area contributed by atoms with Gasteiger partial charge in [0, 0.05) is 5.56 Å². The van der Waals surface area contributed by atoms with Crippen LogP contribution in [0.2, 0.25) is 0 Å². The molecule has 0 aliphatic heterocycles. The van der Waals surface area contributed by atoms with E-state index in [1.165, 1.54) is 11.1 Å². The van der Waals surface area contributed by atoms with Gasteiger partial charge in [-0.1, -0.05) is 69.3 Å². The molecule has 0 aliphatic rings. The van der Waals surface area contributed by atoms with Crippen molar-refractivity contribution in [3.05, 3.63) is 78.4 Å². The second-order valence-electron chi connectivity index (χ2n) is 7.40. The molecule has 4 aromatic rings. The van der Waals surface area contributed by atoms with Gasteiger partial charge in [0.1, 0.15) is 5.52 Å². The van der Waals surface area contributed by atoms with Gasteiger partial charge < -0.3 is 4.42 Å². The zero-order valence-electron chi connectivity index (χ0n) is 14.8. The third-order valence-corrected chi connectivity index (χ3v) is 4.47. The van der Waals surface area contributed by atoms with Crippen LogP contribution >= 0.6 is 0 Å². The lowest BCUT2D eigenvalue weighted by Gasteiger charge is -2.18. The molecule has 1 heterocycles. The van der Waals surface area contributed by atoms with Crippen LogP contribution in [0.5, 0.6) is 0 Å². The third-order valence-electron chi connectivity index (χ3n) is 4.47. The summed E-state index contributed by atoms with van der Waals surface area (Å²) >= 11 is 0. The maximum atomic E-state index is 6.00. The van der Waals surface area contributed by atoms with Crippen molar-refractivity contribution in [3.63, 3.8) is 0 Å². The zero-order chi connectivity index (χ0) is 17.4. The normalized spacial score (nSPS) is 11.8. The van der Waals surface area contributed by atoms with Crippen molar-refractivity contribution in [1.29, 1.82) is 0 Å². The number of hydrogen-bond acceptors (Lipinski definition) is 2. The van der Waals surface area contributed by atoms with Crippen LogP contribution in [0.3, 0.4) is 0 Å². The lowest BCUT2D eigenvalue weighted by atomic mass is 9.87. The second-order valence-corrected chi connectivity index (χ2v) is 7.40.